The summed E-state index contributed by atoms with van der Waals surface area (Å²) in [6.07, 6.45) is 1.98. The first-order valence-electron chi connectivity index (χ1n) is 9.29. The molecule has 4 nitrogen and oxygen atoms in total. The number of halogens is 3. The molecule has 1 heterocycles. The molecule has 0 unspecified atom stereocenters. The maximum absolute atomic E-state index is 12.2. The second kappa shape index (κ2) is 10.7. The number of amides is 2. The average Bonchev–Trinajstić information content (AvgIpc) is 2.65. The Morgan fingerprint density at radius 3 is 2.36 bits per heavy atom. The molecule has 1 fully saturated rings. The molecule has 0 radical (unpaired) electrons. The number of benzene rings is 2. The van der Waals surface area contributed by atoms with Gasteiger partial charge in [0.2, 0.25) is 0 Å². The van der Waals surface area contributed by atoms with Gasteiger partial charge in [0.15, 0.2) is 0 Å². The van der Waals surface area contributed by atoms with Crippen LogP contribution >= 0.6 is 23.2 Å². The standard InChI is InChI=1S/C21H25Cl2N3O.HI/c1-26(15-16-5-3-2-4-6-16)11-9-18(10-12-26)25-21(27)24-14-17-7-8-19(22)20(23)13-17;/h2-8,13,18H,9-12,14-15H2,1H3,(H-,24,25,27);1H. The number of hydrogen-bond donors (Lipinski definition) is 2. The molecule has 1 saturated heterocycles. The Hall–Kier alpha value is -1.02. The van der Waals surface area contributed by atoms with E-state index in [-0.39, 0.29) is 36.0 Å². The van der Waals surface area contributed by atoms with Crippen molar-refractivity contribution in [2.75, 3.05) is 20.1 Å². The van der Waals surface area contributed by atoms with Gasteiger partial charge in [-0.3, -0.25) is 0 Å². The molecule has 7 heteroatoms. The van der Waals surface area contributed by atoms with Gasteiger partial charge in [0.25, 0.3) is 0 Å². The summed E-state index contributed by atoms with van der Waals surface area (Å²) >= 11 is 11.9. The van der Waals surface area contributed by atoms with E-state index in [2.05, 4.69) is 48.0 Å². The molecule has 0 aliphatic carbocycles. The van der Waals surface area contributed by atoms with Crippen LogP contribution in [0.1, 0.15) is 24.0 Å². The topological polar surface area (TPSA) is 41.1 Å². The van der Waals surface area contributed by atoms with Gasteiger partial charge in [-0.2, -0.15) is 0 Å². The fraction of sp³-hybridized carbons (Fsp3) is 0.381. The summed E-state index contributed by atoms with van der Waals surface area (Å²) in [6, 6.07) is 16.1. The minimum absolute atomic E-state index is 0. The molecule has 0 atom stereocenters. The van der Waals surface area contributed by atoms with E-state index >= 15 is 0 Å². The average molecular weight is 534 g/mol. The van der Waals surface area contributed by atoms with E-state index in [1.807, 2.05) is 6.07 Å². The minimum atomic E-state index is -0.134. The second-order valence-corrected chi connectivity index (χ2v) is 8.37. The van der Waals surface area contributed by atoms with Crippen LogP contribution in [0.5, 0.6) is 0 Å². The number of nitrogens with one attached hydrogen (secondary N) is 2. The Labute approximate surface area is 194 Å². The first kappa shape index (κ1) is 23.3. The summed E-state index contributed by atoms with van der Waals surface area (Å²) in [5, 5.41) is 7.01. The van der Waals surface area contributed by atoms with Crippen molar-refractivity contribution in [3.05, 3.63) is 69.7 Å². The second-order valence-electron chi connectivity index (χ2n) is 7.56. The van der Waals surface area contributed by atoms with Gasteiger partial charge < -0.3 is 39.1 Å². The van der Waals surface area contributed by atoms with Crippen LogP contribution in [0, 0.1) is 0 Å². The Morgan fingerprint density at radius 1 is 1.04 bits per heavy atom. The van der Waals surface area contributed by atoms with Crippen LogP contribution in [0.4, 0.5) is 4.79 Å². The summed E-state index contributed by atoms with van der Waals surface area (Å²) in [6.45, 7) is 3.59. The monoisotopic (exact) mass is 533 g/mol. The Kier molecular flexibility index (Phi) is 8.86. The lowest BCUT2D eigenvalue weighted by molar-refractivity contribution is -0.927. The summed E-state index contributed by atoms with van der Waals surface area (Å²) in [5.41, 5.74) is 2.29. The molecule has 152 valence electrons. The first-order valence-corrected chi connectivity index (χ1v) is 10.0. The molecular formula is C21H26Cl2IN3O. The van der Waals surface area contributed by atoms with Gasteiger partial charge in [0, 0.05) is 31.0 Å². The van der Waals surface area contributed by atoms with Crippen LogP contribution in [0.2, 0.25) is 10.0 Å². The van der Waals surface area contributed by atoms with Gasteiger partial charge in [-0.1, -0.05) is 59.6 Å². The van der Waals surface area contributed by atoms with Gasteiger partial charge in [0.1, 0.15) is 6.54 Å². The van der Waals surface area contributed by atoms with E-state index in [0.29, 0.717) is 16.6 Å². The summed E-state index contributed by atoms with van der Waals surface area (Å²) in [4.78, 5) is 12.2. The first-order chi connectivity index (χ1) is 12.9. The van der Waals surface area contributed by atoms with Gasteiger partial charge >= 0.3 is 6.03 Å². The number of hydrogen-bond acceptors (Lipinski definition) is 1. The molecule has 1 aliphatic heterocycles. The Bertz CT molecular complexity index is 780. The maximum atomic E-state index is 12.2. The predicted octanol–water partition coefficient (Wildman–Crippen LogP) is 1.61. The molecule has 3 rings (SSSR count). The molecule has 0 aromatic heterocycles. The number of likely N-dealkylation sites (tertiary alicyclic amines) is 1. The highest BCUT2D eigenvalue weighted by Gasteiger charge is 2.30. The zero-order valence-electron chi connectivity index (χ0n) is 15.9. The quantitative estimate of drug-likeness (QED) is 0.445. The normalized spacial score (nSPS) is 21.5. The van der Waals surface area contributed by atoms with Crippen molar-refractivity contribution in [2.45, 2.75) is 32.0 Å². The molecule has 0 spiro atoms. The molecule has 0 bridgehead atoms. The maximum Gasteiger partial charge on any atom is 0.315 e. The lowest BCUT2D eigenvalue weighted by Crippen LogP contribution is -3.00. The van der Waals surface area contributed by atoms with E-state index in [1.165, 1.54) is 5.56 Å². The van der Waals surface area contributed by atoms with E-state index in [1.54, 1.807) is 12.1 Å². The highest BCUT2D eigenvalue weighted by atomic mass is 127. The molecule has 2 aromatic rings. The molecule has 2 aromatic carbocycles. The summed E-state index contributed by atoms with van der Waals surface area (Å²) in [5.74, 6) is 0. The van der Waals surface area contributed by atoms with Crippen molar-refractivity contribution in [3.8, 4) is 0 Å². The van der Waals surface area contributed by atoms with Crippen LogP contribution in [0.3, 0.4) is 0 Å². The van der Waals surface area contributed by atoms with Crippen LogP contribution in [-0.2, 0) is 13.1 Å². The Balaban J connectivity index is 0.00000280. The van der Waals surface area contributed by atoms with Crippen molar-refractivity contribution in [2.24, 2.45) is 0 Å². The zero-order chi connectivity index (χ0) is 19.3. The van der Waals surface area contributed by atoms with E-state index < -0.39 is 0 Å². The Morgan fingerprint density at radius 2 is 1.71 bits per heavy atom. The van der Waals surface area contributed by atoms with Crippen LogP contribution in [-0.4, -0.2) is 36.7 Å². The SMILES string of the molecule is C[N+]1(Cc2ccccc2)CCC(NC(=O)NCc2ccc(Cl)c(Cl)c2)CC1.[I-]. The van der Waals surface area contributed by atoms with Crippen molar-refractivity contribution in [1.29, 1.82) is 0 Å². The van der Waals surface area contributed by atoms with Crippen LogP contribution in [0.25, 0.3) is 0 Å². The fourth-order valence-corrected chi connectivity index (χ4v) is 3.91. The molecular weight excluding hydrogens is 508 g/mol. The third-order valence-electron chi connectivity index (χ3n) is 5.21. The fourth-order valence-electron chi connectivity index (χ4n) is 3.59. The number of urea groups is 1. The third-order valence-corrected chi connectivity index (χ3v) is 5.95. The van der Waals surface area contributed by atoms with E-state index in [4.69, 9.17) is 23.2 Å². The summed E-state index contributed by atoms with van der Waals surface area (Å²) < 4.78 is 1.02. The number of carbonyl (C=O) groups excluding carboxylic acids is 1. The van der Waals surface area contributed by atoms with Crippen molar-refractivity contribution in [1.82, 2.24) is 10.6 Å². The lowest BCUT2D eigenvalue weighted by atomic mass is 10.0. The molecule has 0 saturated carbocycles. The van der Waals surface area contributed by atoms with Gasteiger partial charge in [-0.15, -0.1) is 0 Å². The summed E-state index contributed by atoms with van der Waals surface area (Å²) in [7, 11) is 2.30. The zero-order valence-corrected chi connectivity index (χ0v) is 19.6. The molecule has 2 N–H and O–H groups in total. The highest BCUT2D eigenvalue weighted by molar-refractivity contribution is 6.42. The lowest BCUT2D eigenvalue weighted by Gasteiger charge is -2.40. The number of piperidine rings is 1. The molecule has 2 amide bonds. The molecule has 28 heavy (non-hydrogen) atoms. The van der Waals surface area contributed by atoms with Crippen molar-refractivity contribution >= 4 is 29.2 Å². The predicted molar refractivity (Wildman–Crippen MR) is 111 cm³/mol. The van der Waals surface area contributed by atoms with E-state index in [9.17, 15) is 4.79 Å². The number of quaternary nitrogens is 1. The minimum Gasteiger partial charge on any atom is -1.00 e. The third kappa shape index (κ3) is 6.79. The molecule has 1 aliphatic rings. The van der Waals surface area contributed by atoms with Crippen molar-refractivity contribution in [3.63, 3.8) is 0 Å². The van der Waals surface area contributed by atoms with Crippen molar-refractivity contribution < 1.29 is 33.3 Å². The number of rotatable bonds is 5. The smallest absolute Gasteiger partial charge is 0.315 e. The highest BCUT2D eigenvalue weighted by Crippen LogP contribution is 2.23. The van der Waals surface area contributed by atoms with Crippen LogP contribution in [0.15, 0.2) is 48.5 Å². The largest absolute Gasteiger partial charge is 1.00 e. The van der Waals surface area contributed by atoms with Crippen LogP contribution < -0.4 is 34.6 Å². The number of nitrogens with zero attached hydrogens (tertiary/aromatic N) is 1. The van der Waals surface area contributed by atoms with Gasteiger partial charge in [-0.05, 0) is 17.7 Å². The number of carbonyl (C=O) groups is 1. The van der Waals surface area contributed by atoms with E-state index in [0.717, 1.165) is 42.5 Å². The van der Waals surface area contributed by atoms with Gasteiger partial charge in [0.05, 0.1) is 30.2 Å². The van der Waals surface area contributed by atoms with Gasteiger partial charge in [-0.25, -0.2) is 4.79 Å².